The number of carbonyl (C=O) groups is 2. The van der Waals surface area contributed by atoms with Crippen LogP contribution in [0.1, 0.15) is 17.3 Å². The number of para-hydroxylation sites is 1. The van der Waals surface area contributed by atoms with E-state index in [0.717, 1.165) is 0 Å². The van der Waals surface area contributed by atoms with E-state index in [1.165, 1.54) is 6.92 Å². The molecule has 4 N–H and O–H groups in total. The van der Waals surface area contributed by atoms with E-state index < -0.39 is 0 Å². The molecule has 2 aromatic rings. The van der Waals surface area contributed by atoms with Crippen LogP contribution in [0.3, 0.4) is 0 Å². The van der Waals surface area contributed by atoms with Gasteiger partial charge >= 0.3 is 0 Å². The average molecular weight is 269 g/mol. The smallest absolute Gasteiger partial charge is 0.257 e. The Labute approximate surface area is 116 Å². The number of nitrogens with two attached hydrogens (primary N) is 1. The van der Waals surface area contributed by atoms with Crippen molar-refractivity contribution in [2.75, 3.05) is 16.4 Å². The molecule has 2 aromatic carbocycles. The summed E-state index contributed by atoms with van der Waals surface area (Å²) in [4.78, 5) is 22.9. The molecule has 0 bridgehead atoms. The number of hydrogen-bond donors (Lipinski definition) is 3. The van der Waals surface area contributed by atoms with Gasteiger partial charge in [0.15, 0.2) is 0 Å². The molecule has 0 spiro atoms. The molecule has 0 saturated heterocycles. The van der Waals surface area contributed by atoms with Gasteiger partial charge in [-0.1, -0.05) is 12.1 Å². The van der Waals surface area contributed by atoms with Gasteiger partial charge in [-0.05, 0) is 36.4 Å². The minimum Gasteiger partial charge on any atom is -0.398 e. The highest BCUT2D eigenvalue weighted by Crippen LogP contribution is 2.16. The molecule has 0 heterocycles. The van der Waals surface area contributed by atoms with E-state index in [2.05, 4.69) is 10.6 Å². The lowest BCUT2D eigenvalue weighted by atomic mass is 10.1. The van der Waals surface area contributed by atoms with E-state index in [1.807, 2.05) is 0 Å². The summed E-state index contributed by atoms with van der Waals surface area (Å²) in [6.45, 7) is 1.44. The van der Waals surface area contributed by atoms with Crippen molar-refractivity contribution in [1.29, 1.82) is 0 Å². The Balaban J connectivity index is 2.09. The normalized spacial score (nSPS) is 9.85. The lowest BCUT2D eigenvalue weighted by Crippen LogP contribution is -2.14. The van der Waals surface area contributed by atoms with E-state index in [-0.39, 0.29) is 11.8 Å². The Hall–Kier alpha value is -2.82. The van der Waals surface area contributed by atoms with E-state index in [0.29, 0.717) is 22.6 Å². The van der Waals surface area contributed by atoms with Crippen LogP contribution in [-0.4, -0.2) is 11.8 Å². The zero-order valence-electron chi connectivity index (χ0n) is 11.0. The SMILES string of the molecule is CC(=O)Nc1ccc(NC(=O)c2ccccc2N)cc1. The van der Waals surface area contributed by atoms with Crippen molar-refractivity contribution in [3.63, 3.8) is 0 Å². The number of nitrogen functional groups attached to an aromatic ring is 1. The van der Waals surface area contributed by atoms with Gasteiger partial charge in [0, 0.05) is 24.0 Å². The van der Waals surface area contributed by atoms with Crippen LogP contribution in [0, 0.1) is 0 Å². The van der Waals surface area contributed by atoms with E-state index in [9.17, 15) is 9.59 Å². The number of anilines is 3. The van der Waals surface area contributed by atoms with Gasteiger partial charge in [-0.25, -0.2) is 0 Å². The fourth-order valence-electron chi connectivity index (χ4n) is 1.74. The molecule has 0 aliphatic rings. The average Bonchev–Trinajstić information content (AvgIpc) is 2.41. The van der Waals surface area contributed by atoms with Crippen molar-refractivity contribution in [2.45, 2.75) is 6.92 Å². The molecular formula is C15H15N3O2. The molecule has 5 nitrogen and oxygen atoms in total. The molecule has 0 fully saturated rings. The second-order valence-corrected chi connectivity index (χ2v) is 4.30. The summed E-state index contributed by atoms with van der Waals surface area (Å²) < 4.78 is 0. The Morgan fingerprint density at radius 1 is 0.900 bits per heavy atom. The fourth-order valence-corrected chi connectivity index (χ4v) is 1.74. The van der Waals surface area contributed by atoms with E-state index >= 15 is 0 Å². The lowest BCUT2D eigenvalue weighted by Gasteiger charge is -2.08. The summed E-state index contributed by atoms with van der Waals surface area (Å²) >= 11 is 0. The molecule has 0 saturated carbocycles. The van der Waals surface area contributed by atoms with Gasteiger partial charge in [0.05, 0.1) is 5.56 Å². The van der Waals surface area contributed by atoms with Gasteiger partial charge < -0.3 is 16.4 Å². The van der Waals surface area contributed by atoms with Gasteiger partial charge in [0.1, 0.15) is 0 Å². The highest BCUT2D eigenvalue weighted by atomic mass is 16.2. The summed E-state index contributed by atoms with van der Waals surface area (Å²) in [6, 6.07) is 13.7. The Morgan fingerprint density at radius 2 is 1.45 bits per heavy atom. The summed E-state index contributed by atoms with van der Waals surface area (Å²) in [7, 11) is 0. The van der Waals surface area contributed by atoms with Gasteiger partial charge in [-0.15, -0.1) is 0 Å². The lowest BCUT2D eigenvalue weighted by molar-refractivity contribution is -0.114. The van der Waals surface area contributed by atoms with Crippen LogP contribution in [-0.2, 0) is 4.79 Å². The van der Waals surface area contributed by atoms with Crippen molar-refractivity contribution < 1.29 is 9.59 Å². The minimum atomic E-state index is -0.268. The number of hydrogen-bond acceptors (Lipinski definition) is 3. The van der Waals surface area contributed by atoms with Crippen molar-refractivity contribution in [1.82, 2.24) is 0 Å². The predicted molar refractivity (Wildman–Crippen MR) is 79.6 cm³/mol. The minimum absolute atomic E-state index is 0.140. The maximum atomic E-state index is 12.0. The van der Waals surface area contributed by atoms with Crippen molar-refractivity contribution in [2.24, 2.45) is 0 Å². The topological polar surface area (TPSA) is 84.2 Å². The molecule has 0 unspecified atom stereocenters. The first kappa shape index (κ1) is 13.6. The first-order valence-electron chi connectivity index (χ1n) is 6.10. The third-order valence-electron chi connectivity index (χ3n) is 2.67. The number of amides is 2. The third kappa shape index (κ3) is 3.35. The molecule has 0 radical (unpaired) electrons. The highest BCUT2D eigenvalue weighted by molar-refractivity contribution is 6.07. The number of benzene rings is 2. The van der Waals surface area contributed by atoms with Crippen LogP contribution in [0.2, 0.25) is 0 Å². The maximum absolute atomic E-state index is 12.0. The molecule has 0 aliphatic carbocycles. The largest absolute Gasteiger partial charge is 0.398 e. The predicted octanol–water partition coefficient (Wildman–Crippen LogP) is 2.48. The Kier molecular flexibility index (Phi) is 4.00. The van der Waals surface area contributed by atoms with Crippen LogP contribution in [0.5, 0.6) is 0 Å². The Morgan fingerprint density at radius 3 is 2.00 bits per heavy atom. The molecule has 0 aromatic heterocycles. The van der Waals surface area contributed by atoms with Gasteiger partial charge in [-0.2, -0.15) is 0 Å². The second-order valence-electron chi connectivity index (χ2n) is 4.30. The van der Waals surface area contributed by atoms with E-state index in [4.69, 9.17) is 5.73 Å². The van der Waals surface area contributed by atoms with Crippen molar-refractivity contribution >= 4 is 28.9 Å². The van der Waals surface area contributed by atoms with Gasteiger partial charge in [-0.3, -0.25) is 9.59 Å². The summed E-state index contributed by atoms with van der Waals surface area (Å²) in [6.07, 6.45) is 0. The standard InChI is InChI=1S/C15H15N3O2/c1-10(19)17-11-6-8-12(9-7-11)18-15(20)13-4-2-3-5-14(13)16/h2-9H,16H2,1H3,(H,17,19)(H,18,20). The van der Waals surface area contributed by atoms with Crippen LogP contribution in [0.15, 0.2) is 48.5 Å². The van der Waals surface area contributed by atoms with Gasteiger partial charge in [0.2, 0.25) is 5.91 Å². The first-order valence-corrected chi connectivity index (χ1v) is 6.10. The maximum Gasteiger partial charge on any atom is 0.257 e. The molecule has 20 heavy (non-hydrogen) atoms. The fraction of sp³-hybridized carbons (Fsp3) is 0.0667. The number of nitrogens with one attached hydrogen (secondary N) is 2. The molecule has 5 heteroatoms. The third-order valence-corrected chi connectivity index (χ3v) is 2.67. The second kappa shape index (κ2) is 5.88. The van der Waals surface area contributed by atoms with Gasteiger partial charge in [0.25, 0.3) is 5.91 Å². The van der Waals surface area contributed by atoms with Crippen LogP contribution >= 0.6 is 0 Å². The van der Waals surface area contributed by atoms with E-state index in [1.54, 1.807) is 48.5 Å². The summed E-state index contributed by atoms with van der Waals surface area (Å²) in [5, 5.41) is 5.40. The summed E-state index contributed by atoms with van der Waals surface area (Å²) in [5.74, 6) is -0.408. The molecular weight excluding hydrogens is 254 g/mol. The first-order chi connectivity index (χ1) is 9.56. The molecule has 102 valence electrons. The summed E-state index contributed by atoms with van der Waals surface area (Å²) in [5.41, 5.74) is 7.91. The molecule has 2 rings (SSSR count). The molecule has 2 amide bonds. The monoisotopic (exact) mass is 269 g/mol. The molecule has 0 aliphatic heterocycles. The zero-order valence-corrected chi connectivity index (χ0v) is 11.0. The van der Waals surface area contributed by atoms with Crippen molar-refractivity contribution in [3.8, 4) is 0 Å². The zero-order chi connectivity index (χ0) is 14.5. The quantitative estimate of drug-likeness (QED) is 0.748. The van der Waals surface area contributed by atoms with Crippen LogP contribution in [0.25, 0.3) is 0 Å². The number of rotatable bonds is 3. The van der Waals surface area contributed by atoms with Crippen LogP contribution in [0.4, 0.5) is 17.1 Å². The molecule has 0 atom stereocenters. The van der Waals surface area contributed by atoms with Crippen molar-refractivity contribution in [3.05, 3.63) is 54.1 Å². The highest BCUT2D eigenvalue weighted by Gasteiger charge is 2.08. The number of carbonyl (C=O) groups excluding carboxylic acids is 2. The Bertz CT molecular complexity index is 636. The van der Waals surface area contributed by atoms with Crippen LogP contribution < -0.4 is 16.4 Å².